The number of nitrogens with one attached hydrogen (secondary N) is 1. The number of anilines is 1. The molecule has 0 saturated carbocycles. The highest BCUT2D eigenvalue weighted by Crippen LogP contribution is 2.38. The molecule has 8 heteroatoms. The Hall–Kier alpha value is -2.77. The Kier molecular flexibility index (Phi) is 7.41. The minimum Gasteiger partial charge on any atom is -0.493 e. The van der Waals surface area contributed by atoms with Crippen molar-refractivity contribution in [3.8, 4) is 11.5 Å². The third-order valence-electron chi connectivity index (χ3n) is 4.74. The minimum atomic E-state index is -0.979. The van der Waals surface area contributed by atoms with E-state index in [1.807, 2.05) is 13.0 Å². The van der Waals surface area contributed by atoms with Gasteiger partial charge < -0.3 is 19.9 Å². The van der Waals surface area contributed by atoms with Crippen LogP contribution in [0.4, 0.5) is 10.1 Å². The van der Waals surface area contributed by atoms with Gasteiger partial charge in [-0.1, -0.05) is 33.6 Å². The van der Waals surface area contributed by atoms with E-state index in [1.165, 1.54) is 25.3 Å². The number of carboxylic acid groups (broad SMARTS) is 1. The predicted molar refractivity (Wildman–Crippen MR) is 122 cm³/mol. The third kappa shape index (κ3) is 5.29. The van der Waals surface area contributed by atoms with Gasteiger partial charge in [0.15, 0.2) is 11.5 Å². The lowest BCUT2D eigenvalue weighted by atomic mass is 10.1. The van der Waals surface area contributed by atoms with Crippen LogP contribution in [0.25, 0.3) is 0 Å². The molecular weight excluding hydrogens is 489 g/mol. The summed E-state index contributed by atoms with van der Waals surface area (Å²) in [6.45, 7) is 2.11. The summed E-state index contributed by atoms with van der Waals surface area (Å²) in [7, 11) is 1.53. The van der Waals surface area contributed by atoms with Crippen molar-refractivity contribution in [2.75, 3.05) is 12.4 Å². The Morgan fingerprint density at radius 3 is 2.61 bits per heavy atom. The molecule has 0 spiro atoms. The van der Waals surface area contributed by atoms with Crippen LogP contribution >= 0.6 is 27.5 Å². The number of carboxylic acids is 1. The minimum absolute atomic E-state index is 0.0718. The van der Waals surface area contributed by atoms with Gasteiger partial charge in [-0.3, -0.25) is 0 Å². The molecule has 0 aliphatic carbocycles. The topological polar surface area (TPSA) is 67.8 Å². The summed E-state index contributed by atoms with van der Waals surface area (Å²) in [6.07, 6.45) is 0. The molecule has 0 fully saturated rings. The smallest absolute Gasteiger partial charge is 0.335 e. The normalized spacial score (nSPS) is 10.6. The standard InChI is InChI=1S/C23H20BrClFNO4/c1-13-10-14(23(28)29)6-8-20(13)27-11-15-17(24)7-9-21(30-2)22(15)31-12-16-18(25)4-3-5-19(16)26/h3-10,27H,11-12H2,1-2H3,(H,28,29). The number of aromatic carboxylic acids is 1. The number of halogens is 3. The Balaban J connectivity index is 1.87. The maximum absolute atomic E-state index is 14.2. The number of benzene rings is 3. The highest BCUT2D eigenvalue weighted by molar-refractivity contribution is 9.10. The zero-order valence-corrected chi connectivity index (χ0v) is 19.2. The van der Waals surface area contributed by atoms with Crippen LogP contribution in [0.5, 0.6) is 11.5 Å². The molecule has 0 aliphatic heterocycles. The number of rotatable bonds is 8. The molecule has 31 heavy (non-hydrogen) atoms. The zero-order valence-electron chi connectivity index (χ0n) is 16.8. The summed E-state index contributed by atoms with van der Waals surface area (Å²) in [5.41, 5.74) is 2.80. The van der Waals surface area contributed by atoms with Crippen LogP contribution in [-0.4, -0.2) is 18.2 Å². The molecule has 3 aromatic rings. The number of carbonyl (C=O) groups is 1. The molecule has 0 heterocycles. The zero-order chi connectivity index (χ0) is 22.5. The monoisotopic (exact) mass is 507 g/mol. The quantitative estimate of drug-likeness (QED) is 0.366. The fourth-order valence-electron chi connectivity index (χ4n) is 3.06. The van der Waals surface area contributed by atoms with Gasteiger partial charge in [-0.05, 0) is 55.0 Å². The van der Waals surface area contributed by atoms with E-state index in [1.54, 1.807) is 24.3 Å². The Morgan fingerprint density at radius 2 is 1.97 bits per heavy atom. The van der Waals surface area contributed by atoms with Crippen LogP contribution in [0.3, 0.4) is 0 Å². The van der Waals surface area contributed by atoms with Gasteiger partial charge >= 0.3 is 5.97 Å². The molecule has 0 amide bonds. The van der Waals surface area contributed by atoms with Gasteiger partial charge in [-0.2, -0.15) is 0 Å². The van der Waals surface area contributed by atoms with Crippen molar-refractivity contribution in [2.24, 2.45) is 0 Å². The lowest BCUT2D eigenvalue weighted by molar-refractivity contribution is 0.0697. The summed E-state index contributed by atoms with van der Waals surface area (Å²) < 4.78 is 26.3. The first-order valence-electron chi connectivity index (χ1n) is 9.30. The van der Waals surface area contributed by atoms with Crippen molar-refractivity contribution < 1.29 is 23.8 Å². The Labute approximate surface area is 192 Å². The lowest BCUT2D eigenvalue weighted by Crippen LogP contribution is -2.08. The lowest BCUT2D eigenvalue weighted by Gasteiger charge is -2.19. The highest BCUT2D eigenvalue weighted by atomic mass is 79.9. The van der Waals surface area contributed by atoms with Gasteiger partial charge in [0.1, 0.15) is 12.4 Å². The second-order valence-electron chi connectivity index (χ2n) is 6.73. The van der Waals surface area contributed by atoms with Crippen LogP contribution < -0.4 is 14.8 Å². The van der Waals surface area contributed by atoms with Crippen molar-refractivity contribution >= 4 is 39.2 Å². The molecule has 0 aromatic heterocycles. The summed E-state index contributed by atoms with van der Waals surface area (Å²) >= 11 is 9.65. The van der Waals surface area contributed by atoms with Crippen molar-refractivity contribution in [1.29, 1.82) is 0 Å². The van der Waals surface area contributed by atoms with Crippen LogP contribution in [-0.2, 0) is 13.2 Å². The number of methoxy groups -OCH3 is 1. The van der Waals surface area contributed by atoms with Crippen LogP contribution in [0, 0.1) is 12.7 Å². The van der Waals surface area contributed by atoms with Gasteiger partial charge in [0.05, 0.1) is 17.7 Å². The molecule has 0 bridgehead atoms. The summed E-state index contributed by atoms with van der Waals surface area (Å²) in [6, 6.07) is 12.9. The number of ether oxygens (including phenoxy) is 2. The summed E-state index contributed by atoms with van der Waals surface area (Å²) in [5.74, 6) is -0.489. The summed E-state index contributed by atoms with van der Waals surface area (Å²) in [5, 5.41) is 12.7. The second-order valence-corrected chi connectivity index (χ2v) is 8.00. The number of hydrogen-bond acceptors (Lipinski definition) is 4. The molecule has 0 saturated heterocycles. The van der Waals surface area contributed by atoms with Crippen molar-refractivity contribution in [1.82, 2.24) is 0 Å². The maximum Gasteiger partial charge on any atom is 0.335 e. The first kappa shape index (κ1) is 22.9. The van der Waals surface area contributed by atoms with Gasteiger partial charge in [0.25, 0.3) is 0 Å². The molecule has 3 rings (SSSR count). The van der Waals surface area contributed by atoms with E-state index in [-0.39, 0.29) is 22.8 Å². The fraction of sp³-hybridized carbons (Fsp3) is 0.174. The third-order valence-corrected chi connectivity index (χ3v) is 5.84. The van der Waals surface area contributed by atoms with Gasteiger partial charge in [-0.25, -0.2) is 9.18 Å². The molecule has 3 aromatic carbocycles. The number of hydrogen-bond donors (Lipinski definition) is 2. The molecule has 0 atom stereocenters. The molecule has 162 valence electrons. The first-order valence-corrected chi connectivity index (χ1v) is 10.5. The first-order chi connectivity index (χ1) is 14.8. The average molecular weight is 509 g/mol. The number of aryl methyl sites for hydroxylation is 1. The largest absolute Gasteiger partial charge is 0.493 e. The molecular formula is C23H20BrClFNO4. The van der Waals surface area contributed by atoms with E-state index < -0.39 is 11.8 Å². The summed E-state index contributed by atoms with van der Waals surface area (Å²) in [4.78, 5) is 11.1. The predicted octanol–water partition coefficient (Wildman–Crippen LogP) is 6.45. The van der Waals surface area contributed by atoms with Crippen molar-refractivity contribution in [3.05, 3.63) is 86.1 Å². The van der Waals surface area contributed by atoms with E-state index in [0.717, 1.165) is 21.3 Å². The van der Waals surface area contributed by atoms with Crippen molar-refractivity contribution in [3.63, 3.8) is 0 Å². The molecule has 5 nitrogen and oxygen atoms in total. The van der Waals surface area contributed by atoms with E-state index in [2.05, 4.69) is 21.2 Å². The van der Waals surface area contributed by atoms with Gasteiger partial charge in [0.2, 0.25) is 0 Å². The van der Waals surface area contributed by atoms with Crippen LogP contribution in [0.1, 0.15) is 27.0 Å². The Morgan fingerprint density at radius 1 is 1.19 bits per heavy atom. The molecule has 0 unspecified atom stereocenters. The SMILES string of the molecule is COc1ccc(Br)c(CNc2ccc(C(=O)O)cc2C)c1OCc1c(F)cccc1Cl. The molecule has 0 radical (unpaired) electrons. The van der Waals surface area contributed by atoms with Crippen molar-refractivity contribution in [2.45, 2.75) is 20.1 Å². The van der Waals surface area contributed by atoms with Crippen LogP contribution in [0.2, 0.25) is 5.02 Å². The van der Waals surface area contributed by atoms with E-state index >= 15 is 0 Å². The Bertz CT molecular complexity index is 1100. The van der Waals surface area contributed by atoms with Crippen LogP contribution in [0.15, 0.2) is 53.0 Å². The maximum atomic E-state index is 14.2. The van der Waals surface area contributed by atoms with E-state index in [9.17, 15) is 9.18 Å². The molecule has 0 aliphatic rings. The van der Waals surface area contributed by atoms with Gasteiger partial charge in [-0.15, -0.1) is 0 Å². The fourth-order valence-corrected chi connectivity index (χ4v) is 3.73. The van der Waals surface area contributed by atoms with E-state index in [0.29, 0.717) is 18.0 Å². The van der Waals surface area contributed by atoms with Gasteiger partial charge in [0, 0.05) is 27.8 Å². The molecule has 2 N–H and O–H groups in total. The highest BCUT2D eigenvalue weighted by Gasteiger charge is 2.17. The second kappa shape index (κ2) is 10.0. The average Bonchev–Trinajstić information content (AvgIpc) is 2.73. The van der Waals surface area contributed by atoms with E-state index in [4.69, 9.17) is 26.2 Å².